The first kappa shape index (κ1) is 21.5. The van der Waals surface area contributed by atoms with Crippen molar-refractivity contribution in [1.82, 2.24) is 0 Å². The minimum Gasteiger partial charge on any atom is -0.482 e. The van der Waals surface area contributed by atoms with E-state index in [1.165, 1.54) is 31.2 Å². The van der Waals surface area contributed by atoms with Crippen LogP contribution in [0.5, 0.6) is 5.75 Å². The molecule has 1 unspecified atom stereocenters. The number of aryl methyl sites for hydroxylation is 1. The number of nitrogens with zero attached hydrogens (tertiary/aromatic N) is 1. The molecule has 3 rings (SSSR count). The number of ether oxygens (including phenoxy) is 1. The fourth-order valence-corrected chi connectivity index (χ4v) is 3.87. The van der Waals surface area contributed by atoms with Crippen molar-refractivity contribution in [2.75, 3.05) is 0 Å². The maximum atomic E-state index is 12.5. The molecule has 0 aliphatic carbocycles. The molecule has 0 heterocycles. The lowest BCUT2D eigenvalue weighted by Gasteiger charge is -2.15. The van der Waals surface area contributed by atoms with Gasteiger partial charge in [0, 0.05) is 6.07 Å². The molecule has 1 atom stereocenters. The maximum Gasteiger partial charge on any atom is 0.311 e. The fraction of sp³-hybridized carbons (Fsp3) is 0.182. The molecule has 3 aromatic carbocycles. The summed E-state index contributed by atoms with van der Waals surface area (Å²) in [5.74, 6) is 0.0983. The van der Waals surface area contributed by atoms with Crippen molar-refractivity contribution in [2.24, 2.45) is 0 Å². The Morgan fingerprint density at radius 2 is 1.67 bits per heavy atom. The van der Waals surface area contributed by atoms with E-state index >= 15 is 0 Å². The summed E-state index contributed by atoms with van der Waals surface area (Å²) in [6.07, 6.45) is -0.918. The topological polar surface area (TPSA) is 95.7 Å². The minimum absolute atomic E-state index is 0.0252. The monoisotopic (exact) mass is 427 g/mol. The first-order valence-corrected chi connectivity index (χ1v) is 10.6. The summed E-state index contributed by atoms with van der Waals surface area (Å²) >= 11 is 0. The summed E-state index contributed by atoms with van der Waals surface area (Å²) in [5.41, 5.74) is 1.89. The maximum absolute atomic E-state index is 12.5. The van der Waals surface area contributed by atoms with Crippen LogP contribution in [0.3, 0.4) is 0 Å². The molecule has 0 saturated heterocycles. The Bertz CT molecular complexity index is 1130. The van der Waals surface area contributed by atoms with E-state index < -0.39 is 21.1 Å². The Hall–Kier alpha value is -3.23. The molecule has 0 N–H and O–H groups in total. The lowest BCUT2D eigenvalue weighted by Crippen LogP contribution is -2.10. The van der Waals surface area contributed by atoms with E-state index in [2.05, 4.69) is 0 Å². The Morgan fingerprint density at radius 3 is 2.30 bits per heavy atom. The van der Waals surface area contributed by atoms with Gasteiger partial charge in [-0.3, -0.25) is 14.3 Å². The number of rotatable bonds is 8. The van der Waals surface area contributed by atoms with Gasteiger partial charge in [0.05, 0.1) is 15.9 Å². The van der Waals surface area contributed by atoms with Crippen molar-refractivity contribution in [1.29, 1.82) is 0 Å². The Labute approximate surface area is 175 Å². The molecule has 156 valence electrons. The summed E-state index contributed by atoms with van der Waals surface area (Å²) in [6, 6.07) is 19.8. The van der Waals surface area contributed by atoms with Crippen LogP contribution < -0.4 is 4.74 Å². The molecule has 8 heteroatoms. The molecule has 0 saturated carbocycles. The van der Waals surface area contributed by atoms with E-state index in [1.54, 1.807) is 18.2 Å². The van der Waals surface area contributed by atoms with Crippen LogP contribution in [-0.2, 0) is 20.9 Å². The number of hydrogen-bond donors (Lipinski definition) is 0. The largest absolute Gasteiger partial charge is 0.482 e. The van der Waals surface area contributed by atoms with E-state index in [-0.39, 0.29) is 22.9 Å². The van der Waals surface area contributed by atoms with Crippen LogP contribution in [0.4, 0.5) is 5.69 Å². The summed E-state index contributed by atoms with van der Waals surface area (Å²) in [4.78, 5) is 11.0. The van der Waals surface area contributed by atoms with Crippen LogP contribution in [-0.4, -0.2) is 13.3 Å². The third kappa shape index (κ3) is 5.22. The molecule has 0 amide bonds. The molecular formula is C22H21NO6S. The fourth-order valence-electron chi connectivity index (χ4n) is 2.79. The van der Waals surface area contributed by atoms with Gasteiger partial charge in [-0.2, -0.15) is 8.42 Å². The SMILES string of the molecule is Cc1ccc(S(=O)(=O)OC(C)c2ccc(OCc3ccccc3)c([N+](=O)[O-])c2)cc1. The summed E-state index contributed by atoms with van der Waals surface area (Å²) in [5, 5.41) is 11.5. The van der Waals surface area contributed by atoms with Gasteiger partial charge in [0.1, 0.15) is 6.61 Å². The van der Waals surface area contributed by atoms with Crippen molar-refractivity contribution < 1.29 is 22.3 Å². The predicted octanol–water partition coefficient (Wildman–Crippen LogP) is 4.95. The van der Waals surface area contributed by atoms with Crippen LogP contribution in [0.15, 0.2) is 77.7 Å². The minimum atomic E-state index is -4.02. The van der Waals surface area contributed by atoms with Gasteiger partial charge in [-0.05, 0) is 43.2 Å². The smallest absolute Gasteiger partial charge is 0.311 e. The van der Waals surface area contributed by atoms with Crippen molar-refractivity contribution in [3.63, 3.8) is 0 Å². The molecule has 0 aliphatic rings. The zero-order valence-electron chi connectivity index (χ0n) is 16.5. The van der Waals surface area contributed by atoms with E-state index in [4.69, 9.17) is 8.92 Å². The second-order valence-electron chi connectivity index (χ2n) is 6.76. The number of nitro benzene ring substituents is 1. The Balaban J connectivity index is 1.79. The third-order valence-electron chi connectivity index (χ3n) is 4.47. The van der Waals surface area contributed by atoms with Crippen LogP contribution in [0.2, 0.25) is 0 Å². The van der Waals surface area contributed by atoms with E-state index in [9.17, 15) is 18.5 Å². The van der Waals surface area contributed by atoms with Crippen molar-refractivity contribution >= 4 is 15.8 Å². The highest BCUT2D eigenvalue weighted by Crippen LogP contribution is 2.33. The highest BCUT2D eigenvalue weighted by Gasteiger charge is 2.23. The molecule has 0 aromatic heterocycles. The van der Waals surface area contributed by atoms with Gasteiger partial charge in [-0.15, -0.1) is 0 Å². The standard InChI is InChI=1S/C22H21NO6S/c1-16-8-11-20(12-9-16)30(26,27)29-17(2)19-10-13-22(21(14-19)23(24)25)28-15-18-6-4-3-5-7-18/h3-14,17H,15H2,1-2H3. The summed E-state index contributed by atoms with van der Waals surface area (Å²) in [7, 11) is -4.02. The molecule has 0 aliphatic heterocycles. The van der Waals surface area contributed by atoms with Gasteiger partial charge in [0.15, 0.2) is 5.75 Å². The quantitative estimate of drug-likeness (QED) is 0.287. The Kier molecular flexibility index (Phi) is 6.49. The van der Waals surface area contributed by atoms with Crippen molar-refractivity contribution in [3.8, 4) is 5.75 Å². The normalized spacial score (nSPS) is 12.3. The molecule has 0 spiro atoms. The van der Waals surface area contributed by atoms with Gasteiger partial charge in [-0.1, -0.05) is 54.1 Å². The average Bonchev–Trinajstić information content (AvgIpc) is 2.72. The molecule has 0 radical (unpaired) electrons. The summed E-state index contributed by atoms with van der Waals surface area (Å²) < 4.78 is 35.8. The van der Waals surface area contributed by atoms with Crippen LogP contribution in [0, 0.1) is 17.0 Å². The number of nitro groups is 1. The van der Waals surface area contributed by atoms with Crippen molar-refractivity contribution in [3.05, 3.63) is 99.6 Å². The zero-order valence-corrected chi connectivity index (χ0v) is 17.3. The van der Waals surface area contributed by atoms with E-state index in [1.807, 2.05) is 37.3 Å². The number of hydrogen-bond acceptors (Lipinski definition) is 6. The van der Waals surface area contributed by atoms with Gasteiger partial charge < -0.3 is 4.74 Å². The molecule has 7 nitrogen and oxygen atoms in total. The molecular weight excluding hydrogens is 406 g/mol. The first-order chi connectivity index (χ1) is 14.3. The summed E-state index contributed by atoms with van der Waals surface area (Å²) in [6.45, 7) is 3.55. The van der Waals surface area contributed by atoms with Crippen LogP contribution >= 0.6 is 0 Å². The van der Waals surface area contributed by atoms with Gasteiger partial charge in [0.25, 0.3) is 10.1 Å². The zero-order chi connectivity index (χ0) is 21.7. The molecule has 0 bridgehead atoms. The van der Waals surface area contributed by atoms with Gasteiger partial charge in [-0.25, -0.2) is 0 Å². The van der Waals surface area contributed by atoms with Crippen LogP contribution in [0.1, 0.15) is 29.7 Å². The van der Waals surface area contributed by atoms with Gasteiger partial charge >= 0.3 is 5.69 Å². The van der Waals surface area contributed by atoms with Gasteiger partial charge in [0.2, 0.25) is 0 Å². The van der Waals surface area contributed by atoms with Crippen LogP contribution in [0.25, 0.3) is 0 Å². The molecule has 0 fully saturated rings. The highest BCUT2D eigenvalue weighted by molar-refractivity contribution is 7.86. The molecule has 30 heavy (non-hydrogen) atoms. The second-order valence-corrected chi connectivity index (χ2v) is 8.34. The lowest BCUT2D eigenvalue weighted by atomic mass is 10.1. The number of benzene rings is 3. The predicted molar refractivity (Wildman–Crippen MR) is 112 cm³/mol. The molecule has 3 aromatic rings. The van der Waals surface area contributed by atoms with Crippen molar-refractivity contribution in [2.45, 2.75) is 31.5 Å². The second kappa shape index (κ2) is 9.06. The third-order valence-corrected chi connectivity index (χ3v) is 5.86. The lowest BCUT2D eigenvalue weighted by molar-refractivity contribution is -0.386. The van der Waals surface area contributed by atoms with E-state index in [0.717, 1.165) is 11.1 Å². The van der Waals surface area contributed by atoms with E-state index in [0.29, 0.717) is 5.56 Å². The average molecular weight is 427 g/mol. The Morgan fingerprint density at radius 1 is 1.00 bits per heavy atom. The first-order valence-electron chi connectivity index (χ1n) is 9.21. The highest BCUT2D eigenvalue weighted by atomic mass is 32.2.